The molecule has 6 nitrogen and oxygen atoms in total. The summed E-state index contributed by atoms with van der Waals surface area (Å²) in [5.41, 5.74) is 0. The maximum Gasteiger partial charge on any atom is 0.317 e. The van der Waals surface area contributed by atoms with Crippen molar-refractivity contribution < 1.29 is 14.3 Å². The molecule has 1 N–H and O–H groups in total. The van der Waals surface area contributed by atoms with Gasteiger partial charge in [-0.1, -0.05) is 31.0 Å². The van der Waals surface area contributed by atoms with Crippen LogP contribution in [0.5, 0.6) is 5.75 Å². The highest BCUT2D eigenvalue weighted by Gasteiger charge is 2.26. The first-order valence-corrected chi connectivity index (χ1v) is 8.73. The second kappa shape index (κ2) is 8.04. The Labute approximate surface area is 142 Å². The molecular formula is C18H25N3O3. The highest BCUT2D eigenvalue weighted by atomic mass is 16.5. The van der Waals surface area contributed by atoms with Gasteiger partial charge in [-0.05, 0) is 25.0 Å². The highest BCUT2D eigenvalue weighted by Crippen LogP contribution is 2.18. The van der Waals surface area contributed by atoms with Crippen LogP contribution >= 0.6 is 0 Å². The first kappa shape index (κ1) is 16.6. The molecule has 6 heteroatoms. The molecule has 1 saturated carbocycles. The Morgan fingerprint density at radius 1 is 1.00 bits per heavy atom. The van der Waals surface area contributed by atoms with Crippen LogP contribution in [-0.4, -0.2) is 60.6 Å². The molecule has 130 valence electrons. The zero-order valence-electron chi connectivity index (χ0n) is 13.9. The van der Waals surface area contributed by atoms with Crippen LogP contribution in [0, 0.1) is 0 Å². The fourth-order valence-electron chi connectivity index (χ4n) is 3.25. The molecule has 2 aliphatic rings. The predicted octanol–water partition coefficient (Wildman–Crippen LogP) is 1.86. The van der Waals surface area contributed by atoms with E-state index in [0.29, 0.717) is 38.0 Å². The van der Waals surface area contributed by atoms with Gasteiger partial charge < -0.3 is 19.9 Å². The quantitative estimate of drug-likeness (QED) is 0.916. The summed E-state index contributed by atoms with van der Waals surface area (Å²) in [6.07, 6.45) is 4.57. The fraction of sp³-hybridized carbons (Fsp3) is 0.556. The van der Waals surface area contributed by atoms with Gasteiger partial charge in [-0.2, -0.15) is 0 Å². The number of piperazine rings is 1. The van der Waals surface area contributed by atoms with E-state index in [-0.39, 0.29) is 18.5 Å². The minimum Gasteiger partial charge on any atom is -0.484 e. The summed E-state index contributed by atoms with van der Waals surface area (Å²) in [5.74, 6) is 0.662. The summed E-state index contributed by atoms with van der Waals surface area (Å²) in [7, 11) is 0. The van der Waals surface area contributed by atoms with Crippen molar-refractivity contribution >= 4 is 11.9 Å². The first-order valence-electron chi connectivity index (χ1n) is 8.73. The molecule has 1 aliphatic carbocycles. The molecule has 0 radical (unpaired) electrons. The van der Waals surface area contributed by atoms with E-state index in [4.69, 9.17) is 4.74 Å². The molecule has 2 fully saturated rings. The molecule has 0 spiro atoms. The molecule has 0 bridgehead atoms. The number of nitrogens with one attached hydrogen (secondary N) is 1. The van der Waals surface area contributed by atoms with Crippen LogP contribution in [0.3, 0.4) is 0 Å². The van der Waals surface area contributed by atoms with Crippen LogP contribution in [0.2, 0.25) is 0 Å². The molecule has 1 heterocycles. The van der Waals surface area contributed by atoms with Crippen LogP contribution in [0.1, 0.15) is 25.7 Å². The summed E-state index contributed by atoms with van der Waals surface area (Å²) in [5, 5.41) is 3.10. The number of carbonyl (C=O) groups is 2. The van der Waals surface area contributed by atoms with Crippen molar-refractivity contribution in [3.63, 3.8) is 0 Å². The lowest BCUT2D eigenvalue weighted by atomic mass is 10.2. The van der Waals surface area contributed by atoms with Gasteiger partial charge in [0.15, 0.2) is 6.61 Å². The number of hydrogen-bond donors (Lipinski definition) is 1. The standard InChI is InChI=1S/C18H25N3O3/c22-17(14-24-16-8-2-1-3-9-16)20-10-12-21(13-11-20)18(23)19-15-6-4-5-7-15/h1-3,8-9,15H,4-7,10-14H2,(H,19,23). The molecule has 24 heavy (non-hydrogen) atoms. The summed E-state index contributed by atoms with van der Waals surface area (Å²) >= 11 is 0. The molecule has 3 amide bonds. The van der Waals surface area contributed by atoms with Crippen molar-refractivity contribution in [1.82, 2.24) is 15.1 Å². The number of hydrogen-bond acceptors (Lipinski definition) is 3. The van der Waals surface area contributed by atoms with E-state index < -0.39 is 0 Å². The van der Waals surface area contributed by atoms with Crippen LogP contribution < -0.4 is 10.1 Å². The van der Waals surface area contributed by atoms with E-state index >= 15 is 0 Å². The van der Waals surface area contributed by atoms with Gasteiger partial charge in [-0.25, -0.2) is 4.79 Å². The molecule has 0 aromatic heterocycles. The third-order valence-corrected chi connectivity index (χ3v) is 4.71. The summed E-state index contributed by atoms with van der Waals surface area (Å²) in [6, 6.07) is 9.66. The first-order chi connectivity index (χ1) is 11.7. The Morgan fingerprint density at radius 3 is 2.29 bits per heavy atom. The van der Waals surface area contributed by atoms with Crippen molar-refractivity contribution in [2.45, 2.75) is 31.7 Å². The van der Waals surface area contributed by atoms with Crippen molar-refractivity contribution in [1.29, 1.82) is 0 Å². The smallest absolute Gasteiger partial charge is 0.317 e. The van der Waals surface area contributed by atoms with E-state index in [0.717, 1.165) is 12.8 Å². The number of rotatable bonds is 4. The minimum atomic E-state index is -0.0327. The van der Waals surface area contributed by atoms with E-state index in [1.54, 1.807) is 9.80 Å². The zero-order valence-corrected chi connectivity index (χ0v) is 13.9. The molecule has 0 unspecified atom stereocenters. The molecular weight excluding hydrogens is 306 g/mol. The third-order valence-electron chi connectivity index (χ3n) is 4.71. The Morgan fingerprint density at radius 2 is 1.62 bits per heavy atom. The molecule has 3 rings (SSSR count). The number of ether oxygens (including phenoxy) is 1. The number of amides is 3. The van der Waals surface area contributed by atoms with E-state index in [1.165, 1.54) is 12.8 Å². The maximum absolute atomic E-state index is 12.2. The van der Waals surface area contributed by atoms with Gasteiger partial charge in [-0.15, -0.1) is 0 Å². The Kier molecular flexibility index (Phi) is 5.56. The van der Waals surface area contributed by atoms with Crippen molar-refractivity contribution in [3.05, 3.63) is 30.3 Å². The van der Waals surface area contributed by atoms with Gasteiger partial charge in [-0.3, -0.25) is 4.79 Å². The number of urea groups is 1. The second-order valence-corrected chi connectivity index (χ2v) is 6.40. The van der Waals surface area contributed by atoms with E-state index in [9.17, 15) is 9.59 Å². The van der Waals surface area contributed by atoms with Gasteiger partial charge >= 0.3 is 6.03 Å². The van der Waals surface area contributed by atoms with Crippen molar-refractivity contribution in [2.24, 2.45) is 0 Å². The topological polar surface area (TPSA) is 61.9 Å². The van der Waals surface area contributed by atoms with Gasteiger partial charge in [0.2, 0.25) is 0 Å². The van der Waals surface area contributed by atoms with Crippen LogP contribution in [0.4, 0.5) is 4.79 Å². The third kappa shape index (κ3) is 4.40. The highest BCUT2D eigenvalue weighted by molar-refractivity contribution is 5.79. The lowest BCUT2D eigenvalue weighted by Crippen LogP contribution is -2.55. The average molecular weight is 331 g/mol. The molecule has 1 aromatic rings. The number of para-hydroxylation sites is 1. The number of benzene rings is 1. The van der Waals surface area contributed by atoms with Gasteiger partial charge in [0.1, 0.15) is 5.75 Å². The number of carbonyl (C=O) groups excluding carboxylic acids is 2. The maximum atomic E-state index is 12.2. The largest absolute Gasteiger partial charge is 0.484 e. The summed E-state index contributed by atoms with van der Waals surface area (Å²) in [4.78, 5) is 28.0. The lowest BCUT2D eigenvalue weighted by Gasteiger charge is -2.35. The SMILES string of the molecule is O=C(COc1ccccc1)N1CCN(C(=O)NC2CCCC2)CC1. The Bertz CT molecular complexity index is 550. The molecule has 0 atom stereocenters. The summed E-state index contributed by atoms with van der Waals surface area (Å²) < 4.78 is 5.50. The van der Waals surface area contributed by atoms with Crippen molar-refractivity contribution in [3.8, 4) is 5.75 Å². The van der Waals surface area contributed by atoms with Crippen LogP contribution in [-0.2, 0) is 4.79 Å². The van der Waals surface area contributed by atoms with E-state index in [1.807, 2.05) is 30.3 Å². The zero-order chi connectivity index (χ0) is 16.8. The monoisotopic (exact) mass is 331 g/mol. The average Bonchev–Trinajstić information content (AvgIpc) is 3.13. The fourth-order valence-corrected chi connectivity index (χ4v) is 3.25. The normalized spacial score (nSPS) is 18.5. The number of nitrogens with zero attached hydrogens (tertiary/aromatic N) is 2. The van der Waals surface area contributed by atoms with Crippen LogP contribution in [0.15, 0.2) is 30.3 Å². The van der Waals surface area contributed by atoms with Gasteiger partial charge in [0.05, 0.1) is 0 Å². The molecule has 1 aliphatic heterocycles. The predicted molar refractivity (Wildman–Crippen MR) is 90.9 cm³/mol. The minimum absolute atomic E-state index is 0.00883. The lowest BCUT2D eigenvalue weighted by molar-refractivity contribution is -0.134. The molecule has 1 saturated heterocycles. The Balaban J connectivity index is 1.39. The second-order valence-electron chi connectivity index (χ2n) is 6.40. The van der Waals surface area contributed by atoms with Crippen molar-refractivity contribution in [2.75, 3.05) is 32.8 Å². The molecule has 1 aromatic carbocycles. The van der Waals surface area contributed by atoms with Crippen LogP contribution in [0.25, 0.3) is 0 Å². The Hall–Kier alpha value is -2.24. The summed E-state index contributed by atoms with van der Waals surface area (Å²) in [6.45, 7) is 2.33. The van der Waals surface area contributed by atoms with Gasteiger partial charge in [0, 0.05) is 32.2 Å². The van der Waals surface area contributed by atoms with Gasteiger partial charge in [0.25, 0.3) is 5.91 Å². The van der Waals surface area contributed by atoms with E-state index in [2.05, 4.69) is 5.32 Å².